The number of halogens is 1. The molecule has 1 aliphatic heterocycles. The van der Waals surface area contributed by atoms with Crippen molar-refractivity contribution in [3.05, 3.63) is 17.6 Å². The summed E-state index contributed by atoms with van der Waals surface area (Å²) >= 11 is 0. The van der Waals surface area contributed by atoms with Crippen molar-refractivity contribution in [3.63, 3.8) is 0 Å². The summed E-state index contributed by atoms with van der Waals surface area (Å²) in [5.74, 6) is 0.314. The highest BCUT2D eigenvalue weighted by molar-refractivity contribution is 8.13. The van der Waals surface area contributed by atoms with Crippen LogP contribution in [0.15, 0.2) is 15.4 Å². The first-order chi connectivity index (χ1) is 8.70. The minimum absolute atomic E-state index is 0.0256. The highest BCUT2D eigenvalue weighted by Crippen LogP contribution is 2.28. The number of amides is 1. The van der Waals surface area contributed by atoms with Gasteiger partial charge < -0.3 is 9.32 Å². The van der Waals surface area contributed by atoms with Gasteiger partial charge in [-0.3, -0.25) is 4.79 Å². The number of hydrogen-bond donors (Lipinski definition) is 0. The third kappa shape index (κ3) is 2.79. The lowest BCUT2D eigenvalue weighted by atomic mass is 10.1. The second-order valence-electron chi connectivity index (χ2n) is 5.12. The highest BCUT2D eigenvalue weighted by atomic mass is 35.7. The second-order valence-corrected chi connectivity index (χ2v) is 7.65. The van der Waals surface area contributed by atoms with Crippen molar-refractivity contribution in [1.82, 2.24) is 4.90 Å². The van der Waals surface area contributed by atoms with Crippen molar-refractivity contribution < 1.29 is 17.6 Å². The molecule has 1 aromatic rings. The van der Waals surface area contributed by atoms with Crippen molar-refractivity contribution in [2.24, 2.45) is 5.92 Å². The number of hydrogen-bond acceptors (Lipinski definition) is 4. The van der Waals surface area contributed by atoms with E-state index in [2.05, 4.69) is 6.92 Å². The van der Waals surface area contributed by atoms with Crippen molar-refractivity contribution in [2.75, 3.05) is 6.54 Å². The Labute approximate surface area is 116 Å². The lowest BCUT2D eigenvalue weighted by molar-refractivity contribution is 0.0710. The van der Waals surface area contributed by atoms with Crippen LogP contribution in [-0.4, -0.2) is 31.8 Å². The van der Waals surface area contributed by atoms with Crippen molar-refractivity contribution in [3.8, 4) is 0 Å². The molecule has 0 aromatic carbocycles. The fourth-order valence-corrected chi connectivity index (χ4v) is 3.63. The summed E-state index contributed by atoms with van der Waals surface area (Å²) in [5.41, 5.74) is 0. The van der Waals surface area contributed by atoms with Gasteiger partial charge in [-0.2, -0.15) is 0 Å². The topological polar surface area (TPSA) is 67.6 Å². The van der Waals surface area contributed by atoms with Gasteiger partial charge >= 0.3 is 0 Å². The molecule has 1 fully saturated rings. The Hall–Kier alpha value is -1.01. The summed E-state index contributed by atoms with van der Waals surface area (Å²) < 4.78 is 27.9. The Bertz CT molecular complexity index is 607. The molecule has 19 heavy (non-hydrogen) atoms. The van der Waals surface area contributed by atoms with Crippen molar-refractivity contribution >= 4 is 25.6 Å². The van der Waals surface area contributed by atoms with Gasteiger partial charge in [-0.15, -0.1) is 0 Å². The molecule has 2 unspecified atom stereocenters. The fourth-order valence-electron chi connectivity index (χ4n) is 2.54. The quantitative estimate of drug-likeness (QED) is 0.787. The molecular formula is C12H16ClNO4S. The molecule has 2 rings (SSSR count). The van der Waals surface area contributed by atoms with Gasteiger partial charge in [-0.1, -0.05) is 6.92 Å². The number of nitrogens with zero attached hydrogens (tertiary/aromatic N) is 1. The summed E-state index contributed by atoms with van der Waals surface area (Å²) in [4.78, 5) is 13.9. The summed E-state index contributed by atoms with van der Waals surface area (Å²) in [5, 5.41) is 0. The number of furan rings is 1. The van der Waals surface area contributed by atoms with E-state index in [1.165, 1.54) is 13.0 Å². The first-order valence-corrected chi connectivity index (χ1v) is 8.37. The Kier molecular flexibility index (Phi) is 3.66. The minimum atomic E-state index is -3.89. The van der Waals surface area contributed by atoms with Crippen LogP contribution in [0.25, 0.3) is 0 Å². The van der Waals surface area contributed by atoms with Crippen molar-refractivity contribution in [2.45, 2.75) is 38.1 Å². The molecule has 1 aliphatic rings. The van der Waals surface area contributed by atoms with E-state index in [-0.39, 0.29) is 28.4 Å². The maximum Gasteiger partial charge on any atom is 0.289 e. The third-order valence-electron chi connectivity index (χ3n) is 3.39. The molecule has 0 spiro atoms. The zero-order chi connectivity index (χ0) is 14.4. The standard InChI is InChI=1S/C12H16ClNO4S/c1-7-4-8(2)14(6-7)12(15)10-5-11(9(3)18-10)19(13,16)17/h5,7-8H,4,6H2,1-3H3. The molecule has 1 aromatic heterocycles. The fraction of sp³-hybridized carbons (Fsp3) is 0.583. The molecule has 0 radical (unpaired) electrons. The van der Waals surface area contributed by atoms with Gasteiger partial charge in [0, 0.05) is 29.3 Å². The van der Waals surface area contributed by atoms with Crippen LogP contribution in [0.3, 0.4) is 0 Å². The van der Waals surface area contributed by atoms with Crippen LogP contribution in [0.4, 0.5) is 0 Å². The Morgan fingerprint density at radius 1 is 1.47 bits per heavy atom. The average molecular weight is 306 g/mol. The van der Waals surface area contributed by atoms with E-state index in [0.29, 0.717) is 12.5 Å². The average Bonchev–Trinajstić information content (AvgIpc) is 2.80. The molecule has 1 saturated heterocycles. The van der Waals surface area contributed by atoms with Gasteiger partial charge in [0.1, 0.15) is 10.7 Å². The summed E-state index contributed by atoms with van der Waals surface area (Å²) in [7, 11) is 1.39. The highest BCUT2D eigenvalue weighted by Gasteiger charge is 2.33. The summed E-state index contributed by atoms with van der Waals surface area (Å²) in [6.45, 7) is 6.17. The zero-order valence-electron chi connectivity index (χ0n) is 11.0. The summed E-state index contributed by atoms with van der Waals surface area (Å²) in [6.07, 6.45) is 0.937. The van der Waals surface area contributed by atoms with Crippen LogP contribution in [0, 0.1) is 12.8 Å². The molecular weight excluding hydrogens is 290 g/mol. The van der Waals surface area contributed by atoms with E-state index in [9.17, 15) is 13.2 Å². The Morgan fingerprint density at radius 2 is 2.11 bits per heavy atom. The molecule has 2 atom stereocenters. The molecule has 106 valence electrons. The predicted molar refractivity (Wildman–Crippen MR) is 70.8 cm³/mol. The number of carbonyl (C=O) groups excluding carboxylic acids is 1. The van der Waals surface area contributed by atoms with E-state index in [0.717, 1.165) is 6.42 Å². The van der Waals surface area contributed by atoms with E-state index in [1.807, 2.05) is 6.92 Å². The lowest BCUT2D eigenvalue weighted by Crippen LogP contribution is -2.33. The number of likely N-dealkylation sites (tertiary alicyclic amines) is 1. The minimum Gasteiger partial charge on any atom is -0.455 e. The van der Waals surface area contributed by atoms with Crippen LogP contribution >= 0.6 is 10.7 Å². The monoisotopic (exact) mass is 305 g/mol. The van der Waals surface area contributed by atoms with Gasteiger partial charge in [-0.25, -0.2) is 8.42 Å². The van der Waals surface area contributed by atoms with Gasteiger partial charge in [0.25, 0.3) is 15.0 Å². The van der Waals surface area contributed by atoms with E-state index < -0.39 is 9.05 Å². The van der Waals surface area contributed by atoms with Crippen LogP contribution in [0.5, 0.6) is 0 Å². The second kappa shape index (κ2) is 4.83. The molecule has 2 heterocycles. The molecule has 0 bridgehead atoms. The SMILES string of the molecule is Cc1oc(C(=O)N2CC(C)CC2C)cc1S(=O)(=O)Cl. The third-order valence-corrected chi connectivity index (χ3v) is 4.82. The Balaban J connectivity index is 2.31. The predicted octanol–water partition coefficient (Wildman–Crippen LogP) is 2.39. The molecule has 5 nitrogen and oxygen atoms in total. The molecule has 0 N–H and O–H groups in total. The largest absolute Gasteiger partial charge is 0.455 e. The molecule has 0 aliphatic carbocycles. The van der Waals surface area contributed by atoms with E-state index >= 15 is 0 Å². The van der Waals surface area contributed by atoms with Crippen LogP contribution in [0.1, 0.15) is 36.6 Å². The van der Waals surface area contributed by atoms with Gasteiger partial charge in [0.05, 0.1) is 0 Å². The van der Waals surface area contributed by atoms with Gasteiger partial charge in [-0.05, 0) is 26.2 Å². The lowest BCUT2D eigenvalue weighted by Gasteiger charge is -2.19. The molecule has 1 amide bonds. The molecule has 7 heteroatoms. The van der Waals surface area contributed by atoms with Crippen LogP contribution < -0.4 is 0 Å². The molecule has 0 saturated carbocycles. The first-order valence-electron chi connectivity index (χ1n) is 6.06. The number of carbonyl (C=O) groups is 1. The van der Waals surface area contributed by atoms with Crippen molar-refractivity contribution in [1.29, 1.82) is 0 Å². The smallest absolute Gasteiger partial charge is 0.289 e. The number of rotatable bonds is 2. The van der Waals surface area contributed by atoms with E-state index in [4.69, 9.17) is 15.1 Å². The van der Waals surface area contributed by atoms with Crippen LogP contribution in [0.2, 0.25) is 0 Å². The van der Waals surface area contributed by atoms with Gasteiger partial charge in [0.15, 0.2) is 5.76 Å². The van der Waals surface area contributed by atoms with Crippen LogP contribution in [-0.2, 0) is 9.05 Å². The first kappa shape index (κ1) is 14.4. The maximum absolute atomic E-state index is 12.3. The normalized spacial score (nSPS) is 23.9. The Morgan fingerprint density at radius 3 is 2.53 bits per heavy atom. The number of aryl methyl sites for hydroxylation is 1. The summed E-state index contributed by atoms with van der Waals surface area (Å²) in [6, 6.07) is 1.33. The zero-order valence-corrected chi connectivity index (χ0v) is 12.6. The van der Waals surface area contributed by atoms with Gasteiger partial charge in [0.2, 0.25) is 0 Å². The van der Waals surface area contributed by atoms with E-state index in [1.54, 1.807) is 4.90 Å². The maximum atomic E-state index is 12.3.